The summed E-state index contributed by atoms with van der Waals surface area (Å²) in [4.78, 5) is 1.24. The van der Waals surface area contributed by atoms with Crippen molar-refractivity contribution in [3.63, 3.8) is 0 Å². The molecule has 1 atom stereocenters. The van der Waals surface area contributed by atoms with Crippen LogP contribution in [0, 0.1) is 0 Å². The molecule has 2 aromatic rings. The molecule has 0 aliphatic carbocycles. The molecule has 1 aliphatic rings. The second-order valence-corrected chi connectivity index (χ2v) is 5.89. The van der Waals surface area contributed by atoms with E-state index < -0.39 is 0 Å². The zero-order valence-electron chi connectivity index (χ0n) is 12.0. The number of rotatable bonds is 3. The molecule has 110 valence electrons. The Morgan fingerprint density at radius 3 is 2.33 bits per heavy atom. The van der Waals surface area contributed by atoms with Gasteiger partial charge >= 0.3 is 0 Å². The van der Waals surface area contributed by atoms with E-state index in [1.54, 1.807) is 11.8 Å². The Labute approximate surface area is 129 Å². The number of nitrogens with two attached hydrogens (primary N) is 1. The van der Waals surface area contributed by atoms with Gasteiger partial charge in [0.2, 0.25) is 0 Å². The average Bonchev–Trinajstić information content (AvgIpc) is 2.79. The minimum absolute atomic E-state index is 0.155. The summed E-state index contributed by atoms with van der Waals surface area (Å²) < 4.78 is 11.4. The summed E-state index contributed by atoms with van der Waals surface area (Å²) >= 11 is 1.73. The number of hydrogen-bond donors (Lipinski definition) is 1. The molecule has 1 unspecified atom stereocenters. The van der Waals surface area contributed by atoms with Crippen molar-refractivity contribution in [3.8, 4) is 11.5 Å². The van der Waals surface area contributed by atoms with Crippen molar-refractivity contribution in [1.82, 2.24) is 0 Å². The van der Waals surface area contributed by atoms with Crippen molar-refractivity contribution < 1.29 is 9.47 Å². The Morgan fingerprint density at radius 2 is 1.62 bits per heavy atom. The maximum atomic E-state index is 6.38. The van der Waals surface area contributed by atoms with Crippen LogP contribution in [0.2, 0.25) is 0 Å². The van der Waals surface area contributed by atoms with Crippen LogP contribution in [0.25, 0.3) is 0 Å². The number of hydrogen-bond acceptors (Lipinski definition) is 4. The molecule has 1 aliphatic heterocycles. The molecule has 2 N–H and O–H groups in total. The minimum atomic E-state index is -0.155. The highest BCUT2D eigenvalue weighted by Crippen LogP contribution is 2.33. The number of fused-ring (bicyclic) bond motifs is 1. The standard InChI is InChI=1S/C17H19NO2S/c1-21-14-6-3-12(4-7-14)17(18)13-5-8-15-16(11-13)20-10-2-9-19-15/h3-8,11,17H,2,9-10,18H2,1H3. The van der Waals surface area contributed by atoms with E-state index in [-0.39, 0.29) is 6.04 Å². The van der Waals surface area contributed by atoms with E-state index in [1.165, 1.54) is 4.90 Å². The highest BCUT2D eigenvalue weighted by Gasteiger charge is 2.15. The molecule has 0 spiro atoms. The second-order valence-electron chi connectivity index (χ2n) is 5.01. The summed E-state index contributed by atoms with van der Waals surface area (Å²) in [5.41, 5.74) is 8.51. The minimum Gasteiger partial charge on any atom is -0.490 e. The Bertz CT molecular complexity index is 613. The first-order valence-electron chi connectivity index (χ1n) is 7.07. The Kier molecular flexibility index (Phi) is 4.36. The number of ether oxygens (including phenoxy) is 2. The first-order valence-corrected chi connectivity index (χ1v) is 8.29. The van der Waals surface area contributed by atoms with Crippen molar-refractivity contribution in [1.29, 1.82) is 0 Å². The normalized spacial score (nSPS) is 15.3. The van der Waals surface area contributed by atoms with E-state index >= 15 is 0 Å². The van der Waals surface area contributed by atoms with Gasteiger partial charge in [0, 0.05) is 11.3 Å². The van der Waals surface area contributed by atoms with Gasteiger partial charge in [-0.25, -0.2) is 0 Å². The summed E-state index contributed by atoms with van der Waals surface area (Å²) in [6, 6.07) is 14.2. The molecule has 0 fully saturated rings. The smallest absolute Gasteiger partial charge is 0.161 e. The SMILES string of the molecule is CSc1ccc(C(N)c2ccc3c(c2)OCCCO3)cc1. The largest absolute Gasteiger partial charge is 0.490 e. The molecule has 0 bridgehead atoms. The lowest BCUT2D eigenvalue weighted by Crippen LogP contribution is -2.12. The number of thioether (sulfide) groups is 1. The lowest BCUT2D eigenvalue weighted by molar-refractivity contribution is 0.297. The molecule has 21 heavy (non-hydrogen) atoms. The van der Waals surface area contributed by atoms with Gasteiger partial charge in [-0.3, -0.25) is 0 Å². The summed E-state index contributed by atoms with van der Waals surface area (Å²) in [5.74, 6) is 1.60. The van der Waals surface area contributed by atoms with E-state index in [2.05, 4.69) is 30.5 Å². The monoisotopic (exact) mass is 301 g/mol. The molecule has 1 heterocycles. The van der Waals surface area contributed by atoms with Gasteiger partial charge in [-0.2, -0.15) is 0 Å². The lowest BCUT2D eigenvalue weighted by atomic mass is 9.99. The Hall–Kier alpha value is -1.65. The van der Waals surface area contributed by atoms with Crippen molar-refractivity contribution >= 4 is 11.8 Å². The van der Waals surface area contributed by atoms with Crippen LogP contribution in [0.5, 0.6) is 11.5 Å². The van der Waals surface area contributed by atoms with Crippen molar-refractivity contribution in [2.24, 2.45) is 5.73 Å². The summed E-state index contributed by atoms with van der Waals surface area (Å²) in [7, 11) is 0. The van der Waals surface area contributed by atoms with Crippen LogP contribution in [0.15, 0.2) is 47.4 Å². The predicted octanol–water partition coefficient (Wildman–Crippen LogP) is 3.62. The highest BCUT2D eigenvalue weighted by atomic mass is 32.2. The molecule has 2 aromatic carbocycles. The molecule has 4 heteroatoms. The van der Waals surface area contributed by atoms with Crippen molar-refractivity contribution in [3.05, 3.63) is 53.6 Å². The van der Waals surface area contributed by atoms with Gasteiger partial charge in [0.05, 0.1) is 19.3 Å². The molecule has 0 saturated carbocycles. The molecule has 0 amide bonds. The second kappa shape index (κ2) is 6.41. The van der Waals surface area contributed by atoms with E-state index in [0.29, 0.717) is 13.2 Å². The van der Waals surface area contributed by atoms with Gasteiger partial charge in [0.15, 0.2) is 11.5 Å². The van der Waals surface area contributed by atoms with Gasteiger partial charge in [0.25, 0.3) is 0 Å². The van der Waals surface area contributed by atoms with E-state index in [0.717, 1.165) is 29.0 Å². The molecule has 0 saturated heterocycles. The first-order chi connectivity index (χ1) is 10.3. The van der Waals surface area contributed by atoms with Gasteiger partial charge in [-0.05, 0) is 41.6 Å². The maximum absolute atomic E-state index is 6.38. The molecular formula is C17H19NO2S. The molecule has 0 aromatic heterocycles. The fraction of sp³-hybridized carbons (Fsp3) is 0.294. The van der Waals surface area contributed by atoms with Crippen LogP contribution in [-0.4, -0.2) is 19.5 Å². The fourth-order valence-electron chi connectivity index (χ4n) is 2.38. The third-order valence-corrected chi connectivity index (χ3v) is 4.35. The maximum Gasteiger partial charge on any atom is 0.161 e. The Balaban J connectivity index is 1.86. The zero-order valence-corrected chi connectivity index (χ0v) is 12.9. The van der Waals surface area contributed by atoms with Gasteiger partial charge in [-0.15, -0.1) is 11.8 Å². The third kappa shape index (κ3) is 3.17. The molecule has 3 rings (SSSR count). The van der Waals surface area contributed by atoms with Gasteiger partial charge < -0.3 is 15.2 Å². The average molecular weight is 301 g/mol. The summed E-state index contributed by atoms with van der Waals surface area (Å²) in [6.07, 6.45) is 2.98. The highest BCUT2D eigenvalue weighted by molar-refractivity contribution is 7.98. The fourth-order valence-corrected chi connectivity index (χ4v) is 2.79. The van der Waals surface area contributed by atoms with Gasteiger partial charge in [-0.1, -0.05) is 18.2 Å². The topological polar surface area (TPSA) is 44.5 Å². The van der Waals surface area contributed by atoms with Crippen LogP contribution in [0.4, 0.5) is 0 Å². The van der Waals surface area contributed by atoms with E-state index in [1.807, 2.05) is 18.2 Å². The van der Waals surface area contributed by atoms with Crippen LogP contribution in [-0.2, 0) is 0 Å². The van der Waals surface area contributed by atoms with Crippen molar-refractivity contribution in [2.45, 2.75) is 17.4 Å². The van der Waals surface area contributed by atoms with Gasteiger partial charge in [0.1, 0.15) is 0 Å². The Morgan fingerprint density at radius 1 is 0.952 bits per heavy atom. The third-order valence-electron chi connectivity index (χ3n) is 3.61. The van der Waals surface area contributed by atoms with Crippen LogP contribution >= 0.6 is 11.8 Å². The first kappa shape index (κ1) is 14.3. The molecule has 3 nitrogen and oxygen atoms in total. The quantitative estimate of drug-likeness (QED) is 0.880. The summed E-state index contributed by atoms with van der Waals surface area (Å²) in [6.45, 7) is 1.39. The van der Waals surface area contributed by atoms with E-state index in [9.17, 15) is 0 Å². The molecular weight excluding hydrogens is 282 g/mol. The van der Waals surface area contributed by atoms with Crippen LogP contribution < -0.4 is 15.2 Å². The summed E-state index contributed by atoms with van der Waals surface area (Å²) in [5, 5.41) is 0. The van der Waals surface area contributed by atoms with Crippen LogP contribution in [0.1, 0.15) is 23.6 Å². The van der Waals surface area contributed by atoms with E-state index in [4.69, 9.17) is 15.2 Å². The van der Waals surface area contributed by atoms with Crippen molar-refractivity contribution in [2.75, 3.05) is 19.5 Å². The number of benzene rings is 2. The molecule has 0 radical (unpaired) electrons. The zero-order chi connectivity index (χ0) is 14.7. The lowest BCUT2D eigenvalue weighted by Gasteiger charge is -2.15. The predicted molar refractivity (Wildman–Crippen MR) is 86.3 cm³/mol. The van der Waals surface area contributed by atoms with Crippen LogP contribution in [0.3, 0.4) is 0 Å².